The lowest BCUT2D eigenvalue weighted by Gasteiger charge is -2.07. The fourth-order valence-corrected chi connectivity index (χ4v) is 3.86. The Morgan fingerprint density at radius 3 is 1.40 bits per heavy atom. The van der Waals surface area contributed by atoms with E-state index in [1.807, 2.05) is 0 Å². The molecule has 0 saturated heterocycles. The summed E-state index contributed by atoms with van der Waals surface area (Å²) in [7, 11) is -5.84. The van der Waals surface area contributed by atoms with Crippen molar-refractivity contribution < 1.29 is 26.1 Å². The summed E-state index contributed by atoms with van der Waals surface area (Å²) >= 11 is 0. The maximum atomic E-state index is 10.7. The molecule has 0 aromatic heterocycles. The lowest BCUT2D eigenvalue weighted by Crippen LogP contribution is -2.21. The molecule has 0 amide bonds. The number of hydrogen-bond donors (Lipinski definition) is 1. The molecule has 0 aliphatic heterocycles. The lowest BCUT2D eigenvalue weighted by molar-refractivity contribution is -0.0510. The van der Waals surface area contributed by atoms with Crippen LogP contribution < -0.4 is 0 Å². The largest absolute Gasteiger partial charge is 0.522 e. The minimum atomic E-state index is -5.84. The number of aryl methyl sites for hydroxylation is 2. The highest BCUT2D eigenvalue weighted by molar-refractivity contribution is 7.86. The van der Waals surface area contributed by atoms with Gasteiger partial charge in [-0.25, -0.2) is 0 Å². The maximum absolute atomic E-state index is 10.7. The predicted molar refractivity (Wildman–Crippen MR) is 136 cm³/mol. The Kier molecular flexibility index (Phi) is 11.0. The van der Waals surface area contributed by atoms with Gasteiger partial charge in [-0.05, 0) is 65.5 Å². The number of halogens is 3. The lowest BCUT2D eigenvalue weighted by atomic mass is 9.98. The van der Waals surface area contributed by atoms with Crippen molar-refractivity contribution in [3.05, 3.63) is 95.1 Å². The Labute approximate surface area is 206 Å². The van der Waals surface area contributed by atoms with Gasteiger partial charge < -0.3 is 0 Å². The number of alkyl halides is 3. The van der Waals surface area contributed by atoms with Crippen molar-refractivity contribution in [3.8, 4) is 11.1 Å². The van der Waals surface area contributed by atoms with E-state index >= 15 is 0 Å². The molecule has 0 atom stereocenters. The molecule has 3 aromatic carbocycles. The summed E-state index contributed by atoms with van der Waals surface area (Å²) in [6.07, 6.45) is 8.86. The van der Waals surface area contributed by atoms with E-state index in [2.05, 4.69) is 86.6 Å². The topological polar surface area (TPSA) is 54.4 Å². The minimum Gasteiger partial charge on any atom is -0.279 e. The molecule has 4 rings (SSSR count). The van der Waals surface area contributed by atoms with Crippen LogP contribution in [0.4, 0.5) is 13.2 Å². The zero-order valence-corrected chi connectivity index (χ0v) is 21.0. The first-order valence-corrected chi connectivity index (χ1v) is 13.3. The highest BCUT2D eigenvalue weighted by Gasteiger charge is 2.44. The molecule has 7 heteroatoms. The van der Waals surface area contributed by atoms with Gasteiger partial charge in [-0.1, -0.05) is 99.5 Å². The van der Waals surface area contributed by atoms with Crippen LogP contribution in [-0.2, 0) is 29.4 Å². The molecular weight excluding hydrogens is 473 g/mol. The second-order valence-electron chi connectivity index (χ2n) is 8.39. The van der Waals surface area contributed by atoms with Crippen LogP contribution in [0.2, 0.25) is 0 Å². The first kappa shape index (κ1) is 28.6. The van der Waals surface area contributed by atoms with E-state index < -0.39 is 15.6 Å². The van der Waals surface area contributed by atoms with E-state index in [0.717, 1.165) is 6.42 Å². The summed E-state index contributed by atoms with van der Waals surface area (Å²) in [6.45, 7) is 4.52. The Hall–Kier alpha value is -2.64. The van der Waals surface area contributed by atoms with Crippen molar-refractivity contribution in [3.63, 3.8) is 0 Å². The fraction of sp³-hybridized carbons (Fsp3) is 0.357. The minimum absolute atomic E-state index is 1.10. The van der Waals surface area contributed by atoms with Gasteiger partial charge in [0, 0.05) is 0 Å². The van der Waals surface area contributed by atoms with Crippen molar-refractivity contribution in [1.29, 1.82) is 0 Å². The average molecular weight is 507 g/mol. The molecule has 3 aromatic rings. The number of benzene rings is 3. The summed E-state index contributed by atoms with van der Waals surface area (Å²) < 4.78 is 57.5. The Morgan fingerprint density at radius 1 is 0.714 bits per heavy atom. The van der Waals surface area contributed by atoms with Crippen molar-refractivity contribution in [2.45, 2.75) is 64.3 Å². The smallest absolute Gasteiger partial charge is 0.279 e. The van der Waals surface area contributed by atoms with Crippen LogP contribution in [0.25, 0.3) is 11.1 Å². The van der Waals surface area contributed by atoms with Gasteiger partial charge >= 0.3 is 15.6 Å². The van der Waals surface area contributed by atoms with E-state index in [0.29, 0.717) is 0 Å². The number of hydrogen-bond acceptors (Lipinski definition) is 2. The van der Waals surface area contributed by atoms with Crippen molar-refractivity contribution >= 4 is 10.1 Å². The Bertz CT molecular complexity index is 1100. The first-order chi connectivity index (χ1) is 16.6. The fourth-order valence-electron chi connectivity index (χ4n) is 3.86. The first-order valence-electron chi connectivity index (χ1n) is 11.8. The molecule has 0 unspecified atom stereocenters. The van der Waals surface area contributed by atoms with E-state index in [1.165, 1.54) is 60.8 Å². The van der Waals surface area contributed by atoms with Gasteiger partial charge in [0.1, 0.15) is 0 Å². The Morgan fingerprint density at radius 2 is 1.06 bits per heavy atom. The van der Waals surface area contributed by atoms with Crippen molar-refractivity contribution in [2.75, 3.05) is 0 Å². The highest BCUT2D eigenvalue weighted by atomic mass is 32.2. The normalized spacial score (nSPS) is 11.9. The van der Waals surface area contributed by atoms with E-state index in [9.17, 15) is 13.2 Å². The molecule has 1 aliphatic rings. The van der Waals surface area contributed by atoms with Gasteiger partial charge in [0.2, 0.25) is 0 Å². The molecule has 1 aliphatic carbocycles. The summed E-state index contributed by atoms with van der Waals surface area (Å²) in [5.74, 6) is 0. The summed E-state index contributed by atoms with van der Waals surface area (Å²) in [4.78, 5) is 0. The van der Waals surface area contributed by atoms with Crippen LogP contribution >= 0.6 is 0 Å². The molecule has 0 radical (unpaired) electrons. The van der Waals surface area contributed by atoms with Gasteiger partial charge in [0.15, 0.2) is 0 Å². The van der Waals surface area contributed by atoms with Gasteiger partial charge in [-0.15, -0.1) is 0 Å². The second-order valence-corrected chi connectivity index (χ2v) is 9.80. The van der Waals surface area contributed by atoms with E-state index in [-0.39, 0.29) is 0 Å². The molecule has 0 heterocycles. The van der Waals surface area contributed by atoms with Crippen molar-refractivity contribution in [1.82, 2.24) is 0 Å². The van der Waals surface area contributed by atoms with Gasteiger partial charge in [-0.2, -0.15) is 21.6 Å². The second kappa shape index (κ2) is 13.4. The van der Waals surface area contributed by atoms with Crippen LogP contribution in [0, 0.1) is 0 Å². The Balaban J connectivity index is 0.000000193. The van der Waals surface area contributed by atoms with Crippen LogP contribution in [0.15, 0.2) is 72.8 Å². The van der Waals surface area contributed by atoms with Crippen LogP contribution in [0.1, 0.15) is 61.8 Å². The van der Waals surface area contributed by atoms with Crippen LogP contribution in [-0.4, -0.2) is 18.5 Å². The molecular formula is C28H33F3O3S. The highest BCUT2D eigenvalue weighted by Crippen LogP contribution is 2.35. The molecule has 0 fully saturated rings. The standard InChI is InChI=1S/C14H22.C13H10.CHF3O3S/c1-3-5-9-13-11-7-8-12-14(13)10-6-4-2;1-3-7-12-10(5-1)9-11-6-2-4-8-13(11)12;2-1(3,4)8(5,6)7/h7-8,11-12H,3-6,9-10H2,1-2H3;1-8H,9H2;(H,5,6,7). The maximum Gasteiger partial charge on any atom is 0.522 e. The van der Waals surface area contributed by atoms with Crippen LogP contribution in [0.3, 0.4) is 0 Å². The summed E-state index contributed by atoms with van der Waals surface area (Å²) in [5.41, 5.74) is 3.36. The summed E-state index contributed by atoms with van der Waals surface area (Å²) in [6, 6.07) is 26.2. The molecule has 0 spiro atoms. The molecule has 35 heavy (non-hydrogen) atoms. The van der Waals surface area contributed by atoms with Crippen molar-refractivity contribution in [2.24, 2.45) is 0 Å². The third-order valence-electron chi connectivity index (χ3n) is 5.72. The number of rotatable bonds is 6. The summed E-state index contributed by atoms with van der Waals surface area (Å²) in [5, 5.41) is 0. The SMILES string of the molecule is CCCCc1ccccc1CCCC.O=S(=O)(O)C(F)(F)F.c1ccc2c(c1)Cc1ccccc1-2. The zero-order chi connectivity index (χ0) is 25.9. The third kappa shape index (κ3) is 8.82. The van der Waals surface area contributed by atoms with E-state index in [4.69, 9.17) is 13.0 Å². The zero-order valence-electron chi connectivity index (χ0n) is 20.2. The molecule has 3 nitrogen and oxygen atoms in total. The monoisotopic (exact) mass is 506 g/mol. The van der Waals surface area contributed by atoms with Gasteiger partial charge in [0.05, 0.1) is 0 Å². The quantitative estimate of drug-likeness (QED) is 0.213. The van der Waals surface area contributed by atoms with Gasteiger partial charge in [0.25, 0.3) is 0 Å². The average Bonchev–Trinajstić information content (AvgIpc) is 3.20. The molecule has 0 saturated carbocycles. The molecule has 0 bridgehead atoms. The van der Waals surface area contributed by atoms with Crippen LogP contribution in [0.5, 0.6) is 0 Å². The number of fused-ring (bicyclic) bond motifs is 3. The van der Waals surface area contributed by atoms with Gasteiger partial charge in [-0.3, -0.25) is 4.55 Å². The molecule has 190 valence electrons. The number of unbranched alkanes of at least 4 members (excludes halogenated alkanes) is 2. The third-order valence-corrected chi connectivity index (χ3v) is 6.30. The van der Waals surface area contributed by atoms with E-state index in [1.54, 1.807) is 11.1 Å². The predicted octanol–water partition coefficient (Wildman–Crippen LogP) is 8.02. The molecule has 1 N–H and O–H groups in total.